The lowest BCUT2D eigenvalue weighted by Crippen LogP contribution is -2.34. The van der Waals surface area contributed by atoms with Crippen molar-refractivity contribution in [3.8, 4) is 0 Å². The van der Waals surface area contributed by atoms with Crippen LogP contribution in [-0.4, -0.2) is 55.7 Å². The lowest BCUT2D eigenvalue weighted by atomic mass is 10.1. The molecule has 160 valence electrons. The lowest BCUT2D eigenvalue weighted by molar-refractivity contribution is -0.154. The van der Waals surface area contributed by atoms with E-state index in [1.54, 1.807) is 45.0 Å². The molecule has 0 unspecified atom stereocenters. The van der Waals surface area contributed by atoms with E-state index in [0.29, 0.717) is 11.3 Å². The summed E-state index contributed by atoms with van der Waals surface area (Å²) in [7, 11) is 0. The van der Waals surface area contributed by atoms with Gasteiger partial charge in [-0.1, -0.05) is 6.07 Å². The molecule has 1 heterocycles. The molecule has 2 amide bonds. The second kappa shape index (κ2) is 10.9. The molecule has 2 rings (SSSR count). The zero-order valence-corrected chi connectivity index (χ0v) is 17.4. The predicted molar refractivity (Wildman–Crippen MR) is 110 cm³/mol. The number of piperidine rings is 1. The second-order valence-electron chi connectivity index (χ2n) is 7.98. The Morgan fingerprint density at radius 3 is 2.59 bits per heavy atom. The van der Waals surface area contributed by atoms with E-state index >= 15 is 0 Å². The monoisotopic (exact) mass is 405 g/mol. The molecule has 0 spiro atoms. The molecule has 8 nitrogen and oxygen atoms in total. The van der Waals surface area contributed by atoms with Gasteiger partial charge in [-0.2, -0.15) is 0 Å². The Labute approximate surface area is 171 Å². The van der Waals surface area contributed by atoms with Gasteiger partial charge in [-0.05, 0) is 64.9 Å². The summed E-state index contributed by atoms with van der Waals surface area (Å²) < 4.78 is 10.8. The summed E-state index contributed by atoms with van der Waals surface area (Å²) in [5.41, 5.74) is 0.362. The van der Waals surface area contributed by atoms with Gasteiger partial charge >= 0.3 is 5.97 Å². The Bertz CT molecular complexity index is 709. The summed E-state index contributed by atoms with van der Waals surface area (Å²) in [6.07, 6.45) is 1.98. The fourth-order valence-electron chi connectivity index (χ4n) is 2.86. The topological polar surface area (TPSA) is 106 Å². The number of benzene rings is 1. The summed E-state index contributed by atoms with van der Waals surface area (Å²) in [6, 6.07) is 6.63. The van der Waals surface area contributed by atoms with E-state index in [2.05, 4.69) is 16.0 Å². The molecule has 0 atom stereocenters. The van der Waals surface area contributed by atoms with Crippen LogP contribution in [0.1, 0.15) is 50.4 Å². The normalized spacial score (nSPS) is 14.9. The highest BCUT2D eigenvalue weighted by Gasteiger charge is 2.17. The molecule has 0 aliphatic carbocycles. The number of nitrogens with one attached hydrogen (secondary N) is 3. The molecule has 1 aromatic carbocycles. The van der Waals surface area contributed by atoms with Gasteiger partial charge in [0.25, 0.3) is 5.91 Å². The van der Waals surface area contributed by atoms with Crippen molar-refractivity contribution in [3.05, 3.63) is 29.8 Å². The minimum absolute atomic E-state index is 0.0169. The van der Waals surface area contributed by atoms with E-state index in [-0.39, 0.29) is 43.5 Å². The van der Waals surface area contributed by atoms with Gasteiger partial charge in [0.1, 0.15) is 12.2 Å². The van der Waals surface area contributed by atoms with Crippen molar-refractivity contribution in [2.75, 3.05) is 31.6 Å². The van der Waals surface area contributed by atoms with E-state index < -0.39 is 5.60 Å². The number of ether oxygens (including phenoxy) is 2. The largest absolute Gasteiger partial charge is 0.460 e. The van der Waals surface area contributed by atoms with Gasteiger partial charge in [0.15, 0.2) is 0 Å². The van der Waals surface area contributed by atoms with Crippen LogP contribution in [0.5, 0.6) is 0 Å². The van der Waals surface area contributed by atoms with Crippen molar-refractivity contribution in [3.63, 3.8) is 0 Å². The third-order valence-corrected chi connectivity index (χ3v) is 4.18. The minimum atomic E-state index is -0.550. The van der Waals surface area contributed by atoms with Crippen LogP contribution in [-0.2, 0) is 19.1 Å². The molecule has 0 saturated carbocycles. The molecule has 1 saturated heterocycles. The molecule has 0 bridgehead atoms. The molecule has 3 N–H and O–H groups in total. The van der Waals surface area contributed by atoms with E-state index in [1.807, 2.05) is 0 Å². The van der Waals surface area contributed by atoms with Gasteiger partial charge in [0.2, 0.25) is 5.91 Å². The van der Waals surface area contributed by atoms with Crippen LogP contribution in [0.25, 0.3) is 0 Å². The molecular weight excluding hydrogens is 374 g/mol. The number of hydrogen-bond donors (Lipinski definition) is 3. The number of carbonyl (C=O) groups is 3. The van der Waals surface area contributed by atoms with E-state index in [4.69, 9.17) is 9.47 Å². The molecule has 1 aliphatic heterocycles. The molecule has 0 aromatic heterocycles. The van der Waals surface area contributed by atoms with Gasteiger partial charge < -0.3 is 25.4 Å². The number of carbonyl (C=O) groups excluding carboxylic acids is 3. The lowest BCUT2D eigenvalue weighted by Gasteiger charge is -2.22. The van der Waals surface area contributed by atoms with Crippen LogP contribution < -0.4 is 16.0 Å². The van der Waals surface area contributed by atoms with Crippen LogP contribution in [0.2, 0.25) is 0 Å². The van der Waals surface area contributed by atoms with Gasteiger partial charge in [-0.25, -0.2) is 0 Å². The maximum Gasteiger partial charge on any atom is 0.308 e. The van der Waals surface area contributed by atoms with Crippen molar-refractivity contribution in [2.45, 2.75) is 51.7 Å². The van der Waals surface area contributed by atoms with Crippen molar-refractivity contribution in [1.82, 2.24) is 10.6 Å². The summed E-state index contributed by atoms with van der Waals surface area (Å²) in [4.78, 5) is 36.1. The quantitative estimate of drug-likeness (QED) is 0.570. The number of anilines is 1. The average molecular weight is 405 g/mol. The van der Waals surface area contributed by atoms with Crippen LogP contribution >= 0.6 is 0 Å². The highest BCUT2D eigenvalue weighted by Crippen LogP contribution is 2.12. The molecule has 0 radical (unpaired) electrons. The summed E-state index contributed by atoms with van der Waals surface area (Å²) in [5.74, 6) is -0.950. The zero-order chi connectivity index (χ0) is 21.3. The van der Waals surface area contributed by atoms with Gasteiger partial charge in [-0.15, -0.1) is 0 Å². The molecule has 1 aromatic rings. The second-order valence-corrected chi connectivity index (χ2v) is 7.98. The zero-order valence-electron chi connectivity index (χ0n) is 17.4. The molecule has 8 heteroatoms. The van der Waals surface area contributed by atoms with E-state index in [9.17, 15) is 14.4 Å². The summed E-state index contributed by atoms with van der Waals surface area (Å²) in [5, 5.41) is 8.67. The highest BCUT2D eigenvalue weighted by atomic mass is 16.6. The molecule has 1 fully saturated rings. The Balaban J connectivity index is 1.76. The smallest absolute Gasteiger partial charge is 0.308 e. The van der Waals surface area contributed by atoms with Gasteiger partial charge in [0, 0.05) is 17.8 Å². The van der Waals surface area contributed by atoms with Crippen molar-refractivity contribution < 1.29 is 23.9 Å². The number of hydrogen-bond acceptors (Lipinski definition) is 6. The highest BCUT2D eigenvalue weighted by molar-refractivity contribution is 5.97. The Morgan fingerprint density at radius 1 is 1.17 bits per heavy atom. The molecule has 29 heavy (non-hydrogen) atoms. The fourth-order valence-corrected chi connectivity index (χ4v) is 2.86. The van der Waals surface area contributed by atoms with E-state index in [1.165, 1.54) is 0 Å². The maximum atomic E-state index is 12.3. The van der Waals surface area contributed by atoms with Gasteiger partial charge in [0.05, 0.1) is 12.5 Å². The van der Waals surface area contributed by atoms with Crippen molar-refractivity contribution >= 4 is 23.5 Å². The van der Waals surface area contributed by atoms with Crippen LogP contribution in [0.15, 0.2) is 24.3 Å². The molecular formula is C21H31N3O5. The number of esters is 1. The first-order valence-electron chi connectivity index (χ1n) is 9.95. The minimum Gasteiger partial charge on any atom is -0.460 e. The molecule has 1 aliphatic rings. The Morgan fingerprint density at radius 2 is 1.90 bits per heavy atom. The first-order chi connectivity index (χ1) is 13.7. The van der Waals surface area contributed by atoms with Crippen LogP contribution in [0, 0.1) is 0 Å². The summed E-state index contributed by atoms with van der Waals surface area (Å²) >= 11 is 0. The van der Waals surface area contributed by atoms with E-state index in [0.717, 1.165) is 25.9 Å². The Kier molecular flexibility index (Phi) is 8.60. The SMILES string of the molecule is CC(C)(C)OC(=O)CCNC(=O)c1cccc(NC(=O)COC2CCNCC2)c1. The fraction of sp³-hybridized carbons (Fsp3) is 0.571. The van der Waals surface area contributed by atoms with Crippen molar-refractivity contribution in [1.29, 1.82) is 0 Å². The average Bonchev–Trinajstić information content (AvgIpc) is 2.66. The standard InChI is InChI=1S/C21H31N3O5/c1-21(2,3)29-19(26)9-12-23-20(27)15-5-4-6-16(13-15)24-18(25)14-28-17-7-10-22-11-8-17/h4-6,13,17,22H,7-12,14H2,1-3H3,(H,23,27)(H,24,25). The Hall–Kier alpha value is -2.45. The maximum absolute atomic E-state index is 12.3. The van der Waals surface area contributed by atoms with Crippen LogP contribution in [0.4, 0.5) is 5.69 Å². The van der Waals surface area contributed by atoms with Crippen LogP contribution in [0.3, 0.4) is 0 Å². The number of amides is 2. The number of rotatable bonds is 8. The van der Waals surface area contributed by atoms with Crippen molar-refractivity contribution in [2.24, 2.45) is 0 Å². The first kappa shape index (κ1) is 22.8. The third kappa shape index (κ3) is 9.06. The first-order valence-corrected chi connectivity index (χ1v) is 9.95. The van der Waals surface area contributed by atoms with Gasteiger partial charge in [-0.3, -0.25) is 14.4 Å². The predicted octanol–water partition coefficient (Wildman–Crippen LogP) is 1.86. The third-order valence-electron chi connectivity index (χ3n) is 4.18. The summed E-state index contributed by atoms with van der Waals surface area (Å²) in [6.45, 7) is 7.34.